The van der Waals surface area contributed by atoms with Crippen molar-refractivity contribution in [3.05, 3.63) is 68.7 Å². The van der Waals surface area contributed by atoms with E-state index in [0.29, 0.717) is 11.3 Å². The molecule has 0 aliphatic carbocycles. The van der Waals surface area contributed by atoms with E-state index in [2.05, 4.69) is 9.99 Å². The third-order valence-electron chi connectivity index (χ3n) is 4.43. The molecule has 11 nitrogen and oxygen atoms in total. The number of esters is 2. The molecule has 1 heterocycles. The highest BCUT2D eigenvalue weighted by Crippen LogP contribution is 2.18. The molecule has 0 amide bonds. The molecule has 1 aromatic carbocycles. The van der Waals surface area contributed by atoms with Gasteiger partial charge in [0.25, 0.3) is 5.56 Å². The largest absolute Gasteiger partial charge is 0.478 e. The van der Waals surface area contributed by atoms with Crippen LogP contribution in [-0.4, -0.2) is 51.3 Å². The Labute approximate surface area is 188 Å². The van der Waals surface area contributed by atoms with Crippen LogP contribution in [0.2, 0.25) is 0 Å². The SMILES string of the molecule is CCOC(=O)C(=C/C=C/c1c(C)[nH]n(-c2cc(C(=O)O)ccc2COO)c1=O)C(=O)OCC. The van der Waals surface area contributed by atoms with Gasteiger partial charge in [-0.1, -0.05) is 12.1 Å². The average molecular weight is 460 g/mol. The first-order valence-electron chi connectivity index (χ1n) is 9.92. The lowest BCUT2D eigenvalue weighted by molar-refractivity contribution is -0.252. The van der Waals surface area contributed by atoms with Gasteiger partial charge in [0.1, 0.15) is 12.2 Å². The molecule has 0 aliphatic heterocycles. The number of benzene rings is 1. The number of allylic oxidation sites excluding steroid dienone is 2. The number of H-pyrrole nitrogens is 1. The van der Waals surface area contributed by atoms with E-state index >= 15 is 0 Å². The van der Waals surface area contributed by atoms with Gasteiger partial charge < -0.3 is 14.6 Å². The van der Waals surface area contributed by atoms with E-state index < -0.39 is 23.5 Å². The molecule has 0 bridgehead atoms. The summed E-state index contributed by atoms with van der Waals surface area (Å²) in [5, 5.41) is 20.9. The van der Waals surface area contributed by atoms with Crippen molar-refractivity contribution in [1.82, 2.24) is 9.78 Å². The van der Waals surface area contributed by atoms with Crippen LogP contribution in [0.25, 0.3) is 11.8 Å². The van der Waals surface area contributed by atoms with Gasteiger partial charge in [-0.2, -0.15) is 0 Å². The Morgan fingerprint density at radius 2 is 1.76 bits per heavy atom. The highest BCUT2D eigenvalue weighted by atomic mass is 17.1. The number of aromatic carboxylic acids is 1. The van der Waals surface area contributed by atoms with E-state index in [1.165, 1.54) is 36.4 Å². The number of hydrogen-bond acceptors (Lipinski definition) is 8. The van der Waals surface area contributed by atoms with Gasteiger partial charge in [0.15, 0.2) is 0 Å². The van der Waals surface area contributed by atoms with Crippen LogP contribution >= 0.6 is 0 Å². The number of aryl methyl sites for hydroxylation is 1. The van der Waals surface area contributed by atoms with Crippen LogP contribution in [0.3, 0.4) is 0 Å². The highest BCUT2D eigenvalue weighted by Gasteiger charge is 2.20. The van der Waals surface area contributed by atoms with Crippen molar-refractivity contribution in [2.24, 2.45) is 0 Å². The maximum absolute atomic E-state index is 13.0. The molecule has 0 aliphatic rings. The molecule has 11 heteroatoms. The highest BCUT2D eigenvalue weighted by molar-refractivity contribution is 6.14. The molecule has 0 unspecified atom stereocenters. The lowest BCUT2D eigenvalue weighted by atomic mass is 10.1. The molecular weight excluding hydrogens is 436 g/mol. The van der Waals surface area contributed by atoms with Gasteiger partial charge in [0.05, 0.1) is 30.0 Å². The number of nitrogens with one attached hydrogen (secondary N) is 1. The van der Waals surface area contributed by atoms with E-state index in [4.69, 9.17) is 14.7 Å². The van der Waals surface area contributed by atoms with Gasteiger partial charge >= 0.3 is 17.9 Å². The van der Waals surface area contributed by atoms with Gasteiger partial charge in [-0.25, -0.2) is 24.0 Å². The van der Waals surface area contributed by atoms with Crippen molar-refractivity contribution in [2.75, 3.05) is 13.2 Å². The number of ether oxygens (including phenoxy) is 2. The Morgan fingerprint density at radius 3 is 2.30 bits per heavy atom. The van der Waals surface area contributed by atoms with Crippen LogP contribution in [0, 0.1) is 6.92 Å². The number of aromatic nitrogens is 2. The summed E-state index contributed by atoms with van der Waals surface area (Å²) in [7, 11) is 0. The number of carboxylic acids is 1. The summed E-state index contributed by atoms with van der Waals surface area (Å²) < 4.78 is 10.8. The molecule has 3 N–H and O–H groups in total. The first kappa shape index (κ1) is 25.3. The number of nitrogens with zero attached hydrogens (tertiary/aromatic N) is 1. The van der Waals surface area contributed by atoms with Crippen LogP contribution in [-0.2, 0) is 30.6 Å². The first-order chi connectivity index (χ1) is 15.7. The van der Waals surface area contributed by atoms with Crippen molar-refractivity contribution < 1.29 is 39.1 Å². The summed E-state index contributed by atoms with van der Waals surface area (Å²) in [6.45, 7) is 4.65. The summed E-state index contributed by atoms with van der Waals surface area (Å²) in [5.41, 5.74) is 0.205. The van der Waals surface area contributed by atoms with Crippen molar-refractivity contribution in [2.45, 2.75) is 27.4 Å². The second kappa shape index (κ2) is 11.6. The number of aromatic amines is 1. The normalized spacial score (nSPS) is 10.8. The minimum atomic E-state index is -1.19. The molecule has 0 spiro atoms. The average Bonchev–Trinajstić information content (AvgIpc) is 3.05. The standard InChI is InChI=1S/C22H24N2O9/c1-4-31-21(28)17(22(29)32-5-2)8-6-7-16-13(3)23-24(19(16)25)18-11-14(20(26)27)9-10-15(18)12-33-30/h6-11,23,30H,4-5,12H2,1-3H3,(H,26,27)/b7-6+. The molecule has 0 atom stereocenters. The number of carbonyl (C=O) groups is 3. The Hall–Kier alpha value is -3.96. The topological polar surface area (TPSA) is 157 Å². The zero-order valence-corrected chi connectivity index (χ0v) is 18.3. The quantitative estimate of drug-likeness (QED) is 0.0919. The number of hydrogen-bond donors (Lipinski definition) is 3. The van der Waals surface area contributed by atoms with Gasteiger partial charge in [0.2, 0.25) is 0 Å². The lowest BCUT2D eigenvalue weighted by Crippen LogP contribution is -2.18. The molecule has 2 rings (SSSR count). The van der Waals surface area contributed by atoms with E-state index in [9.17, 15) is 24.3 Å². The van der Waals surface area contributed by atoms with Crippen LogP contribution in [0.4, 0.5) is 0 Å². The first-order valence-corrected chi connectivity index (χ1v) is 9.92. The summed E-state index contributed by atoms with van der Waals surface area (Å²) >= 11 is 0. The van der Waals surface area contributed by atoms with Crippen molar-refractivity contribution >= 4 is 24.0 Å². The van der Waals surface area contributed by atoms with Crippen molar-refractivity contribution in [3.63, 3.8) is 0 Å². The number of carbonyl (C=O) groups excluding carboxylic acids is 2. The number of rotatable bonds is 10. The second-order valence-corrected chi connectivity index (χ2v) is 6.59. The molecular formula is C22H24N2O9. The van der Waals surface area contributed by atoms with Crippen molar-refractivity contribution in [3.8, 4) is 5.69 Å². The van der Waals surface area contributed by atoms with E-state index in [1.807, 2.05) is 0 Å². The second-order valence-electron chi connectivity index (χ2n) is 6.59. The Bertz CT molecular complexity index is 1140. The van der Waals surface area contributed by atoms with E-state index in [0.717, 1.165) is 4.68 Å². The molecule has 1 aromatic heterocycles. The third-order valence-corrected chi connectivity index (χ3v) is 4.43. The molecule has 2 aromatic rings. The predicted molar refractivity (Wildman–Crippen MR) is 116 cm³/mol. The van der Waals surface area contributed by atoms with Crippen LogP contribution in [0.5, 0.6) is 0 Å². The monoisotopic (exact) mass is 460 g/mol. The Balaban J connectivity index is 2.50. The predicted octanol–water partition coefficient (Wildman–Crippen LogP) is 2.23. The van der Waals surface area contributed by atoms with E-state index in [1.54, 1.807) is 20.8 Å². The maximum Gasteiger partial charge on any atom is 0.345 e. The fourth-order valence-electron chi connectivity index (χ4n) is 2.90. The fourth-order valence-corrected chi connectivity index (χ4v) is 2.90. The van der Waals surface area contributed by atoms with Gasteiger partial charge in [-0.3, -0.25) is 15.2 Å². The zero-order valence-electron chi connectivity index (χ0n) is 18.3. The summed E-state index contributed by atoms with van der Waals surface area (Å²) in [6.07, 6.45) is 3.89. The Kier molecular flexibility index (Phi) is 8.89. The smallest absolute Gasteiger partial charge is 0.345 e. The van der Waals surface area contributed by atoms with Crippen molar-refractivity contribution in [1.29, 1.82) is 0 Å². The summed E-state index contributed by atoms with van der Waals surface area (Å²) in [4.78, 5) is 52.6. The van der Waals surface area contributed by atoms with Gasteiger partial charge in [-0.05, 0) is 45.1 Å². The molecule has 0 saturated heterocycles. The number of carboxylic acid groups (broad SMARTS) is 1. The fraction of sp³-hybridized carbons (Fsp3) is 0.273. The van der Waals surface area contributed by atoms with E-state index in [-0.39, 0.29) is 42.2 Å². The minimum absolute atomic E-state index is 0.0657. The summed E-state index contributed by atoms with van der Waals surface area (Å²) in [6, 6.07) is 4.00. The van der Waals surface area contributed by atoms with Gasteiger partial charge in [-0.15, -0.1) is 0 Å². The maximum atomic E-state index is 13.0. The lowest BCUT2D eigenvalue weighted by Gasteiger charge is -2.09. The van der Waals surface area contributed by atoms with Gasteiger partial charge in [0, 0.05) is 11.3 Å². The third kappa shape index (κ3) is 6.05. The van der Waals surface area contributed by atoms with Crippen LogP contribution in [0.1, 0.15) is 41.0 Å². The molecule has 0 fully saturated rings. The Morgan fingerprint density at radius 1 is 1.12 bits per heavy atom. The molecule has 0 saturated carbocycles. The molecule has 176 valence electrons. The van der Waals surface area contributed by atoms with Crippen LogP contribution < -0.4 is 5.56 Å². The molecule has 33 heavy (non-hydrogen) atoms. The minimum Gasteiger partial charge on any atom is -0.478 e. The molecule has 0 radical (unpaired) electrons. The van der Waals surface area contributed by atoms with Crippen LogP contribution in [0.15, 0.2) is 40.7 Å². The zero-order chi connectivity index (χ0) is 24.5. The summed E-state index contributed by atoms with van der Waals surface area (Å²) in [5.74, 6) is -2.91.